The summed E-state index contributed by atoms with van der Waals surface area (Å²) in [6.45, 7) is 4.21. The number of nitrogens with one attached hydrogen (secondary N) is 1. The van der Waals surface area contributed by atoms with Crippen molar-refractivity contribution in [3.05, 3.63) is 29.3 Å². The Morgan fingerprint density at radius 2 is 2.25 bits per heavy atom. The van der Waals surface area contributed by atoms with E-state index in [1.807, 2.05) is 6.07 Å². The average Bonchev–Trinajstić information content (AvgIpc) is 2.25. The third-order valence-corrected chi connectivity index (χ3v) is 3.39. The highest BCUT2D eigenvalue weighted by atomic mass is 16.5. The summed E-state index contributed by atoms with van der Waals surface area (Å²) in [7, 11) is 1.71. The van der Waals surface area contributed by atoms with Gasteiger partial charge in [-0.3, -0.25) is 0 Å². The van der Waals surface area contributed by atoms with E-state index in [-0.39, 0.29) is 6.04 Å². The van der Waals surface area contributed by atoms with Crippen molar-refractivity contribution < 1.29 is 4.74 Å². The van der Waals surface area contributed by atoms with E-state index in [2.05, 4.69) is 24.4 Å². The molecule has 3 nitrogen and oxygen atoms in total. The second-order valence-corrected chi connectivity index (χ2v) is 4.37. The standard InChI is InChI=1S/C13H20N2O/c1-3-9-6-10(4-5-12(9)16-2)13(14)11-7-15-8-11/h4-6,11,13,15H,3,7-8,14H2,1-2H3. The number of ether oxygens (including phenoxy) is 1. The molecule has 1 atom stereocenters. The molecule has 0 aliphatic carbocycles. The average molecular weight is 220 g/mol. The summed E-state index contributed by atoms with van der Waals surface area (Å²) in [6, 6.07) is 6.44. The van der Waals surface area contributed by atoms with E-state index in [4.69, 9.17) is 10.5 Å². The Morgan fingerprint density at radius 1 is 1.50 bits per heavy atom. The Balaban J connectivity index is 2.20. The molecule has 0 bridgehead atoms. The summed E-state index contributed by atoms with van der Waals surface area (Å²) in [6.07, 6.45) is 0.979. The quantitative estimate of drug-likeness (QED) is 0.808. The van der Waals surface area contributed by atoms with Gasteiger partial charge >= 0.3 is 0 Å². The van der Waals surface area contributed by atoms with Crippen LogP contribution < -0.4 is 15.8 Å². The molecule has 1 heterocycles. The molecule has 1 aromatic carbocycles. The monoisotopic (exact) mass is 220 g/mol. The van der Waals surface area contributed by atoms with Crippen LogP contribution in [0.25, 0.3) is 0 Å². The van der Waals surface area contributed by atoms with Crippen molar-refractivity contribution in [1.29, 1.82) is 0 Å². The first kappa shape index (κ1) is 11.4. The number of aryl methyl sites for hydroxylation is 1. The van der Waals surface area contributed by atoms with Gasteiger partial charge in [0.1, 0.15) is 5.75 Å². The molecule has 16 heavy (non-hydrogen) atoms. The fraction of sp³-hybridized carbons (Fsp3) is 0.538. The second-order valence-electron chi connectivity index (χ2n) is 4.37. The van der Waals surface area contributed by atoms with Gasteiger partial charge in [0, 0.05) is 25.0 Å². The van der Waals surface area contributed by atoms with Gasteiger partial charge in [0.2, 0.25) is 0 Å². The largest absolute Gasteiger partial charge is 0.496 e. The van der Waals surface area contributed by atoms with Gasteiger partial charge < -0.3 is 15.8 Å². The van der Waals surface area contributed by atoms with E-state index < -0.39 is 0 Å². The molecule has 1 fully saturated rings. The van der Waals surface area contributed by atoms with E-state index in [1.165, 1.54) is 11.1 Å². The van der Waals surface area contributed by atoms with Crippen LogP contribution in [0.5, 0.6) is 5.75 Å². The minimum Gasteiger partial charge on any atom is -0.496 e. The SMILES string of the molecule is CCc1cc(C(N)C2CNC2)ccc1OC. The Labute approximate surface area is 97.0 Å². The Hall–Kier alpha value is -1.06. The van der Waals surface area contributed by atoms with Crippen LogP contribution >= 0.6 is 0 Å². The van der Waals surface area contributed by atoms with E-state index >= 15 is 0 Å². The summed E-state index contributed by atoms with van der Waals surface area (Å²) < 4.78 is 5.32. The molecule has 0 spiro atoms. The molecule has 2 rings (SSSR count). The molecular weight excluding hydrogens is 200 g/mol. The molecule has 3 heteroatoms. The fourth-order valence-electron chi connectivity index (χ4n) is 2.12. The van der Waals surface area contributed by atoms with Crippen LogP contribution in [0.2, 0.25) is 0 Å². The van der Waals surface area contributed by atoms with Gasteiger partial charge in [0.05, 0.1) is 7.11 Å². The number of methoxy groups -OCH3 is 1. The topological polar surface area (TPSA) is 47.3 Å². The van der Waals surface area contributed by atoms with E-state index in [0.717, 1.165) is 25.3 Å². The predicted octanol–water partition coefficient (Wildman–Crippen LogP) is 1.48. The van der Waals surface area contributed by atoms with Gasteiger partial charge in [-0.2, -0.15) is 0 Å². The molecule has 1 aromatic rings. The highest BCUT2D eigenvalue weighted by Gasteiger charge is 2.25. The van der Waals surface area contributed by atoms with Crippen LogP contribution in [0.1, 0.15) is 24.1 Å². The maximum absolute atomic E-state index is 6.23. The lowest BCUT2D eigenvalue weighted by Gasteiger charge is -2.32. The third-order valence-electron chi connectivity index (χ3n) is 3.39. The molecule has 1 aliphatic rings. The zero-order valence-electron chi connectivity index (χ0n) is 9.99. The number of rotatable bonds is 4. The highest BCUT2D eigenvalue weighted by Crippen LogP contribution is 2.27. The summed E-state index contributed by atoms with van der Waals surface area (Å²) in [5, 5.41) is 3.26. The molecule has 3 N–H and O–H groups in total. The molecule has 1 unspecified atom stereocenters. The third kappa shape index (κ3) is 2.06. The van der Waals surface area contributed by atoms with Crippen molar-refractivity contribution in [3.8, 4) is 5.75 Å². The van der Waals surface area contributed by atoms with Gasteiger partial charge in [-0.25, -0.2) is 0 Å². The number of hydrogen-bond acceptors (Lipinski definition) is 3. The number of benzene rings is 1. The van der Waals surface area contributed by atoms with Crippen LogP contribution in [0.3, 0.4) is 0 Å². The molecule has 1 aliphatic heterocycles. The fourth-order valence-corrected chi connectivity index (χ4v) is 2.12. The van der Waals surface area contributed by atoms with Crippen LogP contribution in [0, 0.1) is 5.92 Å². The van der Waals surface area contributed by atoms with Crippen molar-refractivity contribution in [3.63, 3.8) is 0 Å². The summed E-state index contributed by atoms with van der Waals surface area (Å²) in [5.41, 5.74) is 8.70. The van der Waals surface area contributed by atoms with Gasteiger partial charge in [0.15, 0.2) is 0 Å². The lowest BCUT2D eigenvalue weighted by Crippen LogP contribution is -2.47. The smallest absolute Gasteiger partial charge is 0.122 e. The van der Waals surface area contributed by atoms with Gasteiger partial charge in [-0.15, -0.1) is 0 Å². The first-order chi connectivity index (χ1) is 7.76. The van der Waals surface area contributed by atoms with Crippen molar-refractivity contribution >= 4 is 0 Å². The van der Waals surface area contributed by atoms with E-state index in [0.29, 0.717) is 5.92 Å². The first-order valence-electron chi connectivity index (χ1n) is 5.89. The maximum atomic E-state index is 6.23. The van der Waals surface area contributed by atoms with Crippen LogP contribution in [-0.2, 0) is 6.42 Å². The van der Waals surface area contributed by atoms with Crippen molar-refractivity contribution in [2.75, 3.05) is 20.2 Å². The van der Waals surface area contributed by atoms with Gasteiger partial charge in [-0.1, -0.05) is 19.1 Å². The number of hydrogen-bond donors (Lipinski definition) is 2. The van der Waals surface area contributed by atoms with E-state index in [9.17, 15) is 0 Å². The molecule has 0 saturated carbocycles. The zero-order chi connectivity index (χ0) is 11.5. The second kappa shape index (κ2) is 4.85. The summed E-state index contributed by atoms with van der Waals surface area (Å²) in [5.74, 6) is 1.54. The molecule has 0 radical (unpaired) electrons. The summed E-state index contributed by atoms with van der Waals surface area (Å²) in [4.78, 5) is 0. The van der Waals surface area contributed by atoms with Crippen LogP contribution in [-0.4, -0.2) is 20.2 Å². The predicted molar refractivity (Wildman–Crippen MR) is 65.7 cm³/mol. The van der Waals surface area contributed by atoms with Crippen molar-refractivity contribution in [2.24, 2.45) is 11.7 Å². The van der Waals surface area contributed by atoms with Gasteiger partial charge in [-0.05, 0) is 23.6 Å². The molecule has 1 saturated heterocycles. The number of nitrogens with two attached hydrogens (primary N) is 1. The molecule has 88 valence electrons. The Kier molecular flexibility index (Phi) is 3.46. The minimum atomic E-state index is 0.150. The van der Waals surface area contributed by atoms with Crippen LogP contribution in [0.4, 0.5) is 0 Å². The lowest BCUT2D eigenvalue weighted by atomic mass is 9.88. The highest BCUT2D eigenvalue weighted by molar-refractivity contribution is 5.38. The summed E-state index contributed by atoms with van der Waals surface area (Å²) >= 11 is 0. The molecule has 0 aromatic heterocycles. The molecule has 0 amide bonds. The maximum Gasteiger partial charge on any atom is 0.122 e. The zero-order valence-corrected chi connectivity index (χ0v) is 9.99. The van der Waals surface area contributed by atoms with Gasteiger partial charge in [0.25, 0.3) is 0 Å². The molecular formula is C13H20N2O. The Bertz CT molecular complexity index is 361. The Morgan fingerprint density at radius 3 is 2.75 bits per heavy atom. The normalized spacial score (nSPS) is 17.9. The van der Waals surface area contributed by atoms with Crippen molar-refractivity contribution in [1.82, 2.24) is 5.32 Å². The minimum absolute atomic E-state index is 0.150. The van der Waals surface area contributed by atoms with Crippen LogP contribution in [0.15, 0.2) is 18.2 Å². The lowest BCUT2D eigenvalue weighted by molar-refractivity contribution is 0.294. The first-order valence-corrected chi connectivity index (χ1v) is 5.89. The van der Waals surface area contributed by atoms with Crippen molar-refractivity contribution in [2.45, 2.75) is 19.4 Å². The van der Waals surface area contributed by atoms with E-state index in [1.54, 1.807) is 7.11 Å².